The molecule has 5 rings (SSSR count). The van der Waals surface area contributed by atoms with Crippen molar-refractivity contribution >= 4 is 11.5 Å². The van der Waals surface area contributed by atoms with Crippen molar-refractivity contribution in [1.29, 1.82) is 0 Å². The molecule has 2 aromatic carbocycles. The zero-order valence-electron chi connectivity index (χ0n) is 18.8. The Morgan fingerprint density at radius 1 is 1.15 bits per heavy atom. The lowest BCUT2D eigenvalue weighted by Crippen LogP contribution is -2.43. The maximum atomic E-state index is 11.2. The number of nitrogens with one attached hydrogen (secondary N) is 2. The van der Waals surface area contributed by atoms with Crippen LogP contribution in [0.4, 0.5) is 11.5 Å². The number of piperazine rings is 1. The number of hydrogen-bond donors (Lipinski definition) is 4. The molecule has 1 aromatic heterocycles. The summed E-state index contributed by atoms with van der Waals surface area (Å²) in [7, 11) is 0. The predicted octanol–water partition coefficient (Wildman–Crippen LogP) is 3.81. The number of aliphatic hydroxyl groups excluding tert-OH is 1. The fourth-order valence-corrected chi connectivity index (χ4v) is 4.21. The highest BCUT2D eigenvalue weighted by atomic mass is 16.5. The molecule has 2 fully saturated rings. The summed E-state index contributed by atoms with van der Waals surface area (Å²) in [5, 5.41) is 31.5. The minimum Gasteiger partial charge on any atom is -0.507 e. The van der Waals surface area contributed by atoms with Crippen LogP contribution in [-0.4, -0.2) is 53.9 Å². The second-order valence-electron chi connectivity index (χ2n) is 8.69. The second kappa shape index (κ2) is 9.33. The smallest absolute Gasteiger partial charge is 0.172 e. The van der Waals surface area contributed by atoms with Crippen molar-refractivity contribution in [3.05, 3.63) is 42.5 Å². The first-order valence-electron chi connectivity index (χ1n) is 11.6. The van der Waals surface area contributed by atoms with Gasteiger partial charge in [0, 0.05) is 37.8 Å². The zero-order chi connectivity index (χ0) is 22.8. The van der Waals surface area contributed by atoms with E-state index in [1.54, 1.807) is 6.92 Å². The van der Waals surface area contributed by atoms with Crippen LogP contribution in [0.2, 0.25) is 0 Å². The largest absolute Gasteiger partial charge is 0.507 e. The molecule has 0 spiro atoms. The van der Waals surface area contributed by atoms with Crippen molar-refractivity contribution in [3.8, 4) is 33.9 Å². The van der Waals surface area contributed by atoms with E-state index in [1.165, 1.54) is 6.42 Å². The van der Waals surface area contributed by atoms with Gasteiger partial charge in [0.15, 0.2) is 11.6 Å². The average molecular weight is 451 g/mol. The molecule has 1 atom stereocenters. The third-order valence-corrected chi connectivity index (χ3v) is 6.24. The lowest BCUT2D eigenvalue weighted by molar-refractivity contribution is 0.120. The Morgan fingerprint density at radius 2 is 1.94 bits per heavy atom. The quantitative estimate of drug-likeness (QED) is 0.403. The van der Waals surface area contributed by atoms with Gasteiger partial charge >= 0.3 is 0 Å². The Kier molecular flexibility index (Phi) is 6.11. The minimum atomic E-state index is -0.701. The van der Waals surface area contributed by atoms with Crippen LogP contribution in [0.25, 0.3) is 22.5 Å². The molecule has 2 heterocycles. The molecule has 1 aliphatic heterocycles. The van der Waals surface area contributed by atoms with Gasteiger partial charge in [0.25, 0.3) is 0 Å². The fraction of sp³-hybridized carbons (Fsp3) is 0.400. The van der Waals surface area contributed by atoms with Crippen LogP contribution in [0.5, 0.6) is 11.5 Å². The molecule has 174 valence electrons. The fourth-order valence-electron chi connectivity index (χ4n) is 4.21. The summed E-state index contributed by atoms with van der Waals surface area (Å²) in [5.41, 5.74) is 2.82. The van der Waals surface area contributed by atoms with E-state index < -0.39 is 6.23 Å². The molecule has 8 heteroatoms. The average Bonchev–Trinajstić information content (AvgIpc) is 3.28. The number of aliphatic hydroxyl groups is 1. The molecule has 8 nitrogen and oxygen atoms in total. The highest BCUT2D eigenvalue weighted by Gasteiger charge is 2.22. The summed E-state index contributed by atoms with van der Waals surface area (Å²) in [5.74, 6) is 2.11. The van der Waals surface area contributed by atoms with Gasteiger partial charge in [-0.15, -0.1) is 0 Å². The zero-order valence-corrected chi connectivity index (χ0v) is 18.8. The third kappa shape index (κ3) is 4.62. The van der Waals surface area contributed by atoms with Crippen molar-refractivity contribution in [1.82, 2.24) is 10.5 Å². The van der Waals surface area contributed by atoms with Crippen LogP contribution < -0.4 is 20.3 Å². The first kappa shape index (κ1) is 21.6. The predicted molar refractivity (Wildman–Crippen MR) is 128 cm³/mol. The number of benzene rings is 2. The summed E-state index contributed by atoms with van der Waals surface area (Å²) < 4.78 is 11.8. The van der Waals surface area contributed by atoms with Crippen LogP contribution in [0, 0.1) is 0 Å². The molecule has 1 saturated heterocycles. The molecule has 1 saturated carbocycles. The van der Waals surface area contributed by atoms with E-state index in [-0.39, 0.29) is 11.9 Å². The van der Waals surface area contributed by atoms with E-state index in [4.69, 9.17) is 9.26 Å². The van der Waals surface area contributed by atoms with Crippen molar-refractivity contribution < 1.29 is 19.5 Å². The number of ether oxygens (including phenoxy) is 1. The first-order valence-corrected chi connectivity index (χ1v) is 11.6. The van der Waals surface area contributed by atoms with Crippen molar-refractivity contribution in [3.63, 3.8) is 0 Å². The maximum absolute atomic E-state index is 11.2. The van der Waals surface area contributed by atoms with Gasteiger partial charge in [-0.05, 0) is 49.9 Å². The third-order valence-electron chi connectivity index (χ3n) is 6.24. The van der Waals surface area contributed by atoms with Crippen LogP contribution in [0.1, 0.15) is 26.2 Å². The standard InChI is InChI=1S/C25H30N4O4/c1-16(30)27-21-9-8-17(14-23(21)32-18-4-2-5-18)19-6-3-7-20(25(19)31)22-15-24(28-33-22)29-12-10-26-11-13-29/h3,6-9,14-16,18,26-27,30-31H,2,4-5,10-13H2,1H3. The number of anilines is 2. The van der Waals surface area contributed by atoms with Crippen LogP contribution in [0.15, 0.2) is 47.0 Å². The Morgan fingerprint density at radius 3 is 2.67 bits per heavy atom. The number of hydrogen-bond acceptors (Lipinski definition) is 8. The van der Waals surface area contributed by atoms with E-state index >= 15 is 0 Å². The van der Waals surface area contributed by atoms with E-state index in [0.29, 0.717) is 22.6 Å². The Hall–Kier alpha value is -3.23. The Balaban J connectivity index is 1.46. The second-order valence-corrected chi connectivity index (χ2v) is 8.69. The van der Waals surface area contributed by atoms with Crippen LogP contribution >= 0.6 is 0 Å². The van der Waals surface area contributed by atoms with E-state index in [0.717, 1.165) is 56.1 Å². The molecule has 2 aliphatic rings. The Labute approximate surface area is 193 Å². The monoisotopic (exact) mass is 450 g/mol. The lowest BCUT2D eigenvalue weighted by Gasteiger charge is -2.28. The minimum absolute atomic E-state index is 0.131. The summed E-state index contributed by atoms with van der Waals surface area (Å²) in [4.78, 5) is 2.17. The number of rotatable bonds is 7. The summed E-state index contributed by atoms with van der Waals surface area (Å²) in [6, 6.07) is 13.2. The van der Waals surface area contributed by atoms with Crippen LogP contribution in [-0.2, 0) is 0 Å². The van der Waals surface area contributed by atoms with Crippen molar-refractivity contribution in [2.45, 2.75) is 38.5 Å². The van der Waals surface area contributed by atoms with Gasteiger partial charge in [0.05, 0.1) is 17.4 Å². The maximum Gasteiger partial charge on any atom is 0.172 e. The van der Waals surface area contributed by atoms with Crippen molar-refractivity contribution in [2.24, 2.45) is 0 Å². The van der Waals surface area contributed by atoms with Gasteiger partial charge in [-0.2, -0.15) is 0 Å². The summed E-state index contributed by atoms with van der Waals surface area (Å²) in [6.07, 6.45) is 2.71. The van der Waals surface area contributed by atoms with Crippen LogP contribution in [0.3, 0.4) is 0 Å². The van der Waals surface area contributed by atoms with E-state index in [2.05, 4.69) is 20.7 Å². The lowest BCUT2D eigenvalue weighted by atomic mass is 9.96. The number of para-hydroxylation sites is 1. The molecule has 1 unspecified atom stereocenters. The first-order chi connectivity index (χ1) is 16.1. The molecule has 4 N–H and O–H groups in total. The Bertz CT molecular complexity index is 1100. The molecular weight excluding hydrogens is 420 g/mol. The normalized spacial score (nSPS) is 17.5. The van der Waals surface area contributed by atoms with E-state index in [9.17, 15) is 10.2 Å². The molecule has 0 radical (unpaired) electrons. The molecule has 1 aliphatic carbocycles. The molecule has 33 heavy (non-hydrogen) atoms. The molecule has 0 amide bonds. The number of nitrogens with zero attached hydrogens (tertiary/aromatic N) is 2. The SMILES string of the molecule is CC(O)Nc1ccc(-c2cccc(-c3cc(N4CCNCC4)no3)c2O)cc1OC1CCC1. The molecule has 0 bridgehead atoms. The number of aromatic hydroxyl groups is 1. The van der Waals surface area contributed by atoms with Crippen molar-refractivity contribution in [2.75, 3.05) is 36.4 Å². The van der Waals surface area contributed by atoms with Gasteiger partial charge in [-0.3, -0.25) is 0 Å². The van der Waals surface area contributed by atoms with Gasteiger partial charge in [0.1, 0.15) is 17.7 Å². The van der Waals surface area contributed by atoms with Gasteiger partial charge < -0.3 is 35.0 Å². The number of phenols is 1. The number of phenolic OH excluding ortho intramolecular Hbond substituents is 1. The summed E-state index contributed by atoms with van der Waals surface area (Å²) >= 11 is 0. The van der Waals surface area contributed by atoms with Gasteiger partial charge in [-0.25, -0.2) is 0 Å². The van der Waals surface area contributed by atoms with Gasteiger partial charge in [0.2, 0.25) is 0 Å². The topological polar surface area (TPSA) is 103 Å². The highest BCUT2D eigenvalue weighted by Crippen LogP contribution is 2.42. The van der Waals surface area contributed by atoms with E-state index in [1.807, 2.05) is 42.5 Å². The molecule has 3 aromatic rings. The highest BCUT2D eigenvalue weighted by molar-refractivity contribution is 5.82. The summed E-state index contributed by atoms with van der Waals surface area (Å²) in [6.45, 7) is 5.23. The molecular formula is C25H30N4O4. The van der Waals surface area contributed by atoms with Gasteiger partial charge in [-0.1, -0.05) is 23.4 Å². The number of aromatic nitrogens is 1.